The molecule has 0 fully saturated rings. The van der Waals surface area contributed by atoms with Gasteiger partial charge in [-0.1, -0.05) is 29.3 Å². The molecule has 19 heavy (non-hydrogen) atoms. The summed E-state index contributed by atoms with van der Waals surface area (Å²) in [7, 11) is 1.47. The van der Waals surface area contributed by atoms with Crippen molar-refractivity contribution in [1.82, 2.24) is 0 Å². The normalized spacial score (nSPS) is 12.3. The summed E-state index contributed by atoms with van der Waals surface area (Å²) in [6.45, 7) is 0. The Hall–Kier alpha value is -1.29. The molecule has 5 heteroatoms. The van der Waals surface area contributed by atoms with E-state index in [9.17, 15) is 9.50 Å². The van der Waals surface area contributed by atoms with E-state index in [4.69, 9.17) is 27.9 Å². The Balaban J connectivity index is 2.43. The lowest BCUT2D eigenvalue weighted by atomic mass is 10.0. The van der Waals surface area contributed by atoms with Crippen LogP contribution in [0.5, 0.6) is 5.75 Å². The summed E-state index contributed by atoms with van der Waals surface area (Å²) >= 11 is 11.7. The van der Waals surface area contributed by atoms with Crippen molar-refractivity contribution in [2.75, 3.05) is 7.11 Å². The molecule has 0 heterocycles. The van der Waals surface area contributed by atoms with E-state index in [0.717, 1.165) is 0 Å². The molecule has 0 aromatic heterocycles. The lowest BCUT2D eigenvalue weighted by Gasteiger charge is -2.14. The van der Waals surface area contributed by atoms with E-state index in [0.29, 0.717) is 21.4 Å². The van der Waals surface area contributed by atoms with Gasteiger partial charge in [-0.25, -0.2) is 4.39 Å². The maximum atomic E-state index is 13.7. The Labute approximate surface area is 120 Å². The molecule has 2 aromatic carbocycles. The standard InChI is InChI=1S/C14H11Cl2FO2/c1-19-13-6-8(2-4-11(13)16)14(18)10-7-9(15)3-5-12(10)17/h2-7,14,18H,1H3. The molecule has 0 aliphatic carbocycles. The molecule has 0 bridgehead atoms. The van der Waals surface area contributed by atoms with Crippen LogP contribution in [0, 0.1) is 5.82 Å². The Bertz CT molecular complexity index is 602. The van der Waals surface area contributed by atoms with Gasteiger partial charge in [-0.05, 0) is 35.9 Å². The predicted molar refractivity (Wildman–Crippen MR) is 73.5 cm³/mol. The minimum absolute atomic E-state index is 0.108. The molecular weight excluding hydrogens is 290 g/mol. The molecule has 2 nitrogen and oxygen atoms in total. The van der Waals surface area contributed by atoms with Crippen LogP contribution in [0.25, 0.3) is 0 Å². The molecule has 0 radical (unpaired) electrons. The summed E-state index contributed by atoms with van der Waals surface area (Å²) in [6, 6.07) is 8.79. The number of rotatable bonds is 3. The van der Waals surface area contributed by atoms with Crippen molar-refractivity contribution in [3.05, 3.63) is 63.4 Å². The Morgan fingerprint density at radius 3 is 2.58 bits per heavy atom. The largest absolute Gasteiger partial charge is 0.495 e. The van der Waals surface area contributed by atoms with Gasteiger partial charge in [-0.2, -0.15) is 0 Å². The number of halogens is 3. The number of hydrogen-bond acceptors (Lipinski definition) is 2. The highest BCUT2D eigenvalue weighted by Crippen LogP contribution is 2.32. The lowest BCUT2D eigenvalue weighted by molar-refractivity contribution is 0.214. The zero-order chi connectivity index (χ0) is 14.0. The number of aliphatic hydroxyl groups is 1. The van der Waals surface area contributed by atoms with Crippen molar-refractivity contribution >= 4 is 23.2 Å². The van der Waals surface area contributed by atoms with Crippen LogP contribution in [0.15, 0.2) is 36.4 Å². The van der Waals surface area contributed by atoms with Gasteiger partial charge in [0.1, 0.15) is 17.7 Å². The Morgan fingerprint density at radius 1 is 1.16 bits per heavy atom. The van der Waals surface area contributed by atoms with E-state index >= 15 is 0 Å². The topological polar surface area (TPSA) is 29.5 Å². The zero-order valence-corrected chi connectivity index (χ0v) is 11.5. The van der Waals surface area contributed by atoms with Crippen LogP contribution < -0.4 is 4.74 Å². The molecule has 2 rings (SSSR count). The van der Waals surface area contributed by atoms with Gasteiger partial charge >= 0.3 is 0 Å². The SMILES string of the molecule is COc1cc(C(O)c2cc(Cl)ccc2F)ccc1Cl. The van der Waals surface area contributed by atoms with Crippen LogP contribution in [-0.4, -0.2) is 12.2 Å². The third-order valence-electron chi connectivity index (χ3n) is 2.74. The van der Waals surface area contributed by atoms with Crippen molar-refractivity contribution in [3.63, 3.8) is 0 Å². The van der Waals surface area contributed by atoms with Gasteiger partial charge in [0.05, 0.1) is 12.1 Å². The molecule has 1 atom stereocenters. The molecule has 2 aromatic rings. The summed E-state index contributed by atoms with van der Waals surface area (Å²) in [5.41, 5.74) is 0.583. The van der Waals surface area contributed by atoms with Crippen LogP contribution in [0.4, 0.5) is 4.39 Å². The van der Waals surface area contributed by atoms with E-state index < -0.39 is 11.9 Å². The quantitative estimate of drug-likeness (QED) is 0.919. The summed E-state index contributed by atoms with van der Waals surface area (Å²) in [4.78, 5) is 0. The van der Waals surface area contributed by atoms with Crippen molar-refractivity contribution in [1.29, 1.82) is 0 Å². The van der Waals surface area contributed by atoms with Gasteiger partial charge in [0.25, 0.3) is 0 Å². The molecule has 0 saturated carbocycles. The van der Waals surface area contributed by atoms with Gasteiger partial charge in [-0.3, -0.25) is 0 Å². The van der Waals surface area contributed by atoms with Gasteiger partial charge in [0.15, 0.2) is 0 Å². The van der Waals surface area contributed by atoms with E-state index in [2.05, 4.69) is 0 Å². The monoisotopic (exact) mass is 300 g/mol. The maximum Gasteiger partial charge on any atom is 0.137 e. The number of aliphatic hydroxyl groups excluding tert-OH is 1. The summed E-state index contributed by atoms with van der Waals surface area (Å²) in [5.74, 6) is -0.105. The van der Waals surface area contributed by atoms with E-state index in [1.165, 1.54) is 25.3 Å². The van der Waals surface area contributed by atoms with E-state index in [1.807, 2.05) is 0 Å². The maximum absolute atomic E-state index is 13.7. The molecule has 1 unspecified atom stereocenters. The first kappa shape index (κ1) is 14.1. The molecule has 100 valence electrons. The summed E-state index contributed by atoms with van der Waals surface area (Å²) < 4.78 is 18.8. The lowest BCUT2D eigenvalue weighted by Crippen LogP contribution is -2.03. The Kier molecular flexibility index (Phi) is 4.30. The predicted octanol–water partition coefficient (Wildman–Crippen LogP) is 4.22. The molecule has 0 aliphatic rings. The van der Waals surface area contributed by atoms with Gasteiger partial charge in [0.2, 0.25) is 0 Å². The highest BCUT2D eigenvalue weighted by Gasteiger charge is 2.17. The van der Waals surface area contributed by atoms with Gasteiger partial charge in [0, 0.05) is 10.6 Å². The van der Waals surface area contributed by atoms with Crippen molar-refractivity contribution < 1.29 is 14.2 Å². The fraction of sp³-hybridized carbons (Fsp3) is 0.143. The first-order valence-electron chi connectivity index (χ1n) is 5.49. The molecule has 0 aliphatic heterocycles. The van der Waals surface area contributed by atoms with Crippen LogP contribution in [0.3, 0.4) is 0 Å². The second-order valence-electron chi connectivity index (χ2n) is 3.96. The molecule has 1 N–H and O–H groups in total. The third kappa shape index (κ3) is 3.00. The fourth-order valence-corrected chi connectivity index (χ4v) is 2.13. The Morgan fingerprint density at radius 2 is 1.89 bits per heavy atom. The van der Waals surface area contributed by atoms with Crippen LogP contribution in [-0.2, 0) is 0 Å². The minimum Gasteiger partial charge on any atom is -0.495 e. The minimum atomic E-state index is -1.13. The highest BCUT2D eigenvalue weighted by atomic mass is 35.5. The van der Waals surface area contributed by atoms with Crippen molar-refractivity contribution in [3.8, 4) is 5.75 Å². The third-order valence-corrected chi connectivity index (χ3v) is 3.29. The first-order chi connectivity index (χ1) is 9.02. The number of hydrogen-bond donors (Lipinski definition) is 1. The number of methoxy groups -OCH3 is 1. The van der Waals surface area contributed by atoms with Crippen LogP contribution in [0.2, 0.25) is 10.0 Å². The molecule has 0 amide bonds. The smallest absolute Gasteiger partial charge is 0.137 e. The average molecular weight is 301 g/mol. The summed E-state index contributed by atoms with van der Waals surface area (Å²) in [6.07, 6.45) is -1.13. The van der Waals surface area contributed by atoms with E-state index in [-0.39, 0.29) is 5.56 Å². The van der Waals surface area contributed by atoms with Crippen molar-refractivity contribution in [2.45, 2.75) is 6.10 Å². The molecule has 0 spiro atoms. The number of benzene rings is 2. The second-order valence-corrected chi connectivity index (χ2v) is 4.81. The van der Waals surface area contributed by atoms with Crippen molar-refractivity contribution in [2.24, 2.45) is 0 Å². The van der Waals surface area contributed by atoms with E-state index in [1.54, 1.807) is 18.2 Å². The molecule has 0 saturated heterocycles. The number of ether oxygens (including phenoxy) is 1. The summed E-state index contributed by atoms with van der Waals surface area (Å²) in [5, 5.41) is 11.0. The zero-order valence-electron chi connectivity index (χ0n) is 10.0. The fourth-order valence-electron chi connectivity index (χ4n) is 1.75. The highest BCUT2D eigenvalue weighted by molar-refractivity contribution is 6.32. The van der Waals surface area contributed by atoms with Gasteiger partial charge < -0.3 is 9.84 Å². The van der Waals surface area contributed by atoms with Crippen LogP contribution in [0.1, 0.15) is 17.2 Å². The second kappa shape index (κ2) is 5.78. The molecular formula is C14H11Cl2FO2. The van der Waals surface area contributed by atoms with Crippen LogP contribution >= 0.6 is 23.2 Å². The van der Waals surface area contributed by atoms with Gasteiger partial charge in [-0.15, -0.1) is 0 Å². The first-order valence-corrected chi connectivity index (χ1v) is 6.25. The average Bonchev–Trinajstić information content (AvgIpc) is 2.41.